The van der Waals surface area contributed by atoms with Crippen molar-refractivity contribution < 1.29 is 13.6 Å². The summed E-state index contributed by atoms with van der Waals surface area (Å²) in [6, 6.07) is 1.31. The molecule has 1 rings (SSSR count). The molecule has 0 atom stereocenters. The van der Waals surface area contributed by atoms with E-state index in [9.17, 15) is 13.6 Å². The summed E-state index contributed by atoms with van der Waals surface area (Å²) in [5.74, 6) is -0.901. The Morgan fingerprint density at radius 2 is 2.09 bits per heavy atom. The van der Waals surface area contributed by atoms with Gasteiger partial charge < -0.3 is 0 Å². The highest BCUT2D eigenvalue weighted by Gasteiger charge is 2.10. The van der Waals surface area contributed by atoms with Gasteiger partial charge in [-0.3, -0.25) is 4.79 Å². The van der Waals surface area contributed by atoms with Gasteiger partial charge >= 0.3 is 6.04 Å². The highest BCUT2D eigenvalue weighted by atomic mass is 35.5. The van der Waals surface area contributed by atoms with Crippen LogP contribution in [0.2, 0.25) is 5.02 Å². The van der Waals surface area contributed by atoms with Crippen LogP contribution in [0, 0.1) is 5.82 Å². The molecule has 0 aliphatic rings. The lowest BCUT2D eigenvalue weighted by Gasteiger charge is -1.94. The summed E-state index contributed by atoms with van der Waals surface area (Å²) in [7, 11) is 0. The minimum Gasteiger partial charge on any atom is -0.255 e. The first-order valence-electron chi connectivity index (χ1n) is 2.76. The van der Waals surface area contributed by atoms with Crippen LogP contribution >= 0.6 is 11.6 Å². The van der Waals surface area contributed by atoms with Crippen LogP contribution in [0.4, 0.5) is 8.78 Å². The summed E-state index contributed by atoms with van der Waals surface area (Å²) >= 11 is 5.38. The fourth-order valence-electron chi connectivity index (χ4n) is 0.648. The second-order valence-corrected chi connectivity index (χ2v) is 2.33. The minimum absolute atomic E-state index is 0.132. The van der Waals surface area contributed by atoms with Crippen molar-refractivity contribution >= 4 is 17.6 Å². The number of hydrogen-bond acceptors (Lipinski definition) is 1. The molecule has 0 heterocycles. The van der Waals surface area contributed by atoms with E-state index in [2.05, 4.69) is 0 Å². The number of halogens is 3. The summed E-state index contributed by atoms with van der Waals surface area (Å²) in [5, 5.41) is 0.132. The molecule has 0 amide bonds. The van der Waals surface area contributed by atoms with E-state index in [1.165, 1.54) is 6.07 Å². The van der Waals surface area contributed by atoms with Gasteiger partial charge in [0.05, 0.1) is 5.56 Å². The lowest BCUT2D eigenvalue weighted by Crippen LogP contribution is -1.94. The molecule has 0 radical (unpaired) electrons. The van der Waals surface area contributed by atoms with Crippen LogP contribution in [0.3, 0.4) is 0 Å². The van der Waals surface area contributed by atoms with E-state index >= 15 is 0 Å². The molecule has 1 aromatic carbocycles. The Bertz CT molecular complexity index is 298. The minimum atomic E-state index is -1.81. The first kappa shape index (κ1) is 8.14. The molecule has 0 bridgehead atoms. The van der Waals surface area contributed by atoms with Gasteiger partial charge in [-0.05, 0) is 18.2 Å². The molecule has 58 valence electrons. The van der Waals surface area contributed by atoms with Gasteiger partial charge in [0.25, 0.3) is 0 Å². The van der Waals surface area contributed by atoms with Gasteiger partial charge in [-0.2, -0.15) is 4.39 Å². The van der Waals surface area contributed by atoms with Crippen LogP contribution in [-0.2, 0) is 0 Å². The van der Waals surface area contributed by atoms with Crippen LogP contribution < -0.4 is 0 Å². The van der Waals surface area contributed by atoms with E-state index in [1.807, 2.05) is 0 Å². The SMILES string of the molecule is O=C(F)c1cc(Cl)ccc1F. The maximum absolute atomic E-state index is 12.5. The van der Waals surface area contributed by atoms with Gasteiger partial charge in [-0.15, -0.1) is 0 Å². The third-order valence-electron chi connectivity index (χ3n) is 1.14. The largest absolute Gasteiger partial charge is 0.335 e. The molecule has 0 saturated heterocycles. The fraction of sp³-hybridized carbons (Fsp3) is 0. The van der Waals surface area contributed by atoms with E-state index in [1.54, 1.807) is 0 Å². The van der Waals surface area contributed by atoms with Crippen molar-refractivity contribution in [2.45, 2.75) is 0 Å². The van der Waals surface area contributed by atoms with E-state index in [0.717, 1.165) is 12.1 Å². The summed E-state index contributed by atoms with van der Waals surface area (Å²) in [6.07, 6.45) is 0. The van der Waals surface area contributed by atoms with Crippen molar-refractivity contribution in [2.24, 2.45) is 0 Å². The second kappa shape index (κ2) is 2.96. The van der Waals surface area contributed by atoms with Gasteiger partial charge in [-0.1, -0.05) is 11.6 Å². The molecule has 11 heavy (non-hydrogen) atoms. The predicted molar refractivity (Wildman–Crippen MR) is 36.8 cm³/mol. The number of hydrogen-bond donors (Lipinski definition) is 0. The zero-order chi connectivity index (χ0) is 8.43. The lowest BCUT2D eigenvalue weighted by molar-refractivity contribution is 0.0831. The smallest absolute Gasteiger partial charge is 0.255 e. The Kier molecular flexibility index (Phi) is 2.19. The zero-order valence-corrected chi connectivity index (χ0v) is 6.03. The normalized spacial score (nSPS) is 9.73. The first-order valence-corrected chi connectivity index (χ1v) is 3.14. The summed E-state index contributed by atoms with van der Waals surface area (Å²) < 4.78 is 24.4. The highest BCUT2D eigenvalue weighted by molar-refractivity contribution is 6.30. The van der Waals surface area contributed by atoms with Crippen LogP contribution in [0.25, 0.3) is 0 Å². The molecule has 0 N–H and O–H groups in total. The van der Waals surface area contributed by atoms with E-state index in [-0.39, 0.29) is 5.02 Å². The van der Waals surface area contributed by atoms with E-state index in [4.69, 9.17) is 11.6 Å². The van der Waals surface area contributed by atoms with Gasteiger partial charge in [0.2, 0.25) is 0 Å². The molecule has 0 saturated carbocycles. The molecule has 0 aromatic heterocycles. The monoisotopic (exact) mass is 176 g/mol. The Balaban J connectivity index is 3.23. The third-order valence-corrected chi connectivity index (χ3v) is 1.38. The Labute approximate surface area is 66.6 Å². The maximum Gasteiger partial charge on any atom is 0.335 e. The molecule has 0 aliphatic heterocycles. The van der Waals surface area contributed by atoms with Crippen LogP contribution in [0.15, 0.2) is 18.2 Å². The highest BCUT2D eigenvalue weighted by Crippen LogP contribution is 2.15. The fourth-order valence-corrected chi connectivity index (χ4v) is 0.820. The van der Waals surface area contributed by atoms with Gasteiger partial charge in [0, 0.05) is 5.02 Å². The summed E-state index contributed by atoms with van der Waals surface area (Å²) in [6.45, 7) is 0. The number of carbonyl (C=O) groups is 1. The van der Waals surface area contributed by atoms with Crippen LogP contribution in [0.5, 0.6) is 0 Å². The van der Waals surface area contributed by atoms with E-state index in [0.29, 0.717) is 0 Å². The standard InChI is InChI=1S/C7H3ClF2O/c8-4-1-2-6(9)5(3-4)7(10)11/h1-3H. The van der Waals surface area contributed by atoms with Crippen LogP contribution in [0.1, 0.15) is 10.4 Å². The maximum atomic E-state index is 12.5. The lowest BCUT2D eigenvalue weighted by atomic mass is 10.2. The molecule has 1 nitrogen and oxygen atoms in total. The molecule has 0 spiro atoms. The zero-order valence-electron chi connectivity index (χ0n) is 5.27. The first-order chi connectivity index (χ1) is 5.11. The molecule has 0 aliphatic carbocycles. The quantitative estimate of drug-likeness (QED) is 0.601. The second-order valence-electron chi connectivity index (χ2n) is 1.90. The molecule has 0 unspecified atom stereocenters. The van der Waals surface area contributed by atoms with Crippen molar-refractivity contribution in [1.29, 1.82) is 0 Å². The van der Waals surface area contributed by atoms with Gasteiger partial charge in [-0.25, -0.2) is 4.39 Å². The van der Waals surface area contributed by atoms with Gasteiger partial charge in [0.1, 0.15) is 5.82 Å². The van der Waals surface area contributed by atoms with Crippen molar-refractivity contribution in [2.75, 3.05) is 0 Å². The van der Waals surface area contributed by atoms with E-state index < -0.39 is 17.4 Å². The van der Waals surface area contributed by atoms with Crippen molar-refractivity contribution in [3.63, 3.8) is 0 Å². The summed E-state index contributed by atoms with van der Waals surface area (Å²) in [5.41, 5.74) is -0.627. The van der Waals surface area contributed by atoms with Crippen molar-refractivity contribution in [3.05, 3.63) is 34.6 Å². The number of rotatable bonds is 1. The topological polar surface area (TPSA) is 17.1 Å². The molecule has 1 aromatic rings. The van der Waals surface area contributed by atoms with Crippen molar-refractivity contribution in [3.8, 4) is 0 Å². The predicted octanol–water partition coefficient (Wildman–Crippen LogP) is 2.59. The average molecular weight is 177 g/mol. The molecule has 4 heteroatoms. The van der Waals surface area contributed by atoms with Crippen LogP contribution in [-0.4, -0.2) is 6.04 Å². The average Bonchev–Trinajstić information content (AvgIpc) is 1.94. The summed E-state index contributed by atoms with van der Waals surface area (Å²) in [4.78, 5) is 10.1. The molecular weight excluding hydrogens is 174 g/mol. The third kappa shape index (κ3) is 1.74. The van der Waals surface area contributed by atoms with Crippen molar-refractivity contribution in [1.82, 2.24) is 0 Å². The molecular formula is C7H3ClF2O. The van der Waals surface area contributed by atoms with Gasteiger partial charge in [0.15, 0.2) is 0 Å². The number of benzene rings is 1. The Hall–Kier alpha value is -0.960. The molecule has 0 fully saturated rings. The Morgan fingerprint density at radius 1 is 1.45 bits per heavy atom. The number of carbonyl (C=O) groups excluding carboxylic acids is 1. The Morgan fingerprint density at radius 3 is 2.55 bits per heavy atom.